The predicted molar refractivity (Wildman–Crippen MR) is 112 cm³/mol. The average Bonchev–Trinajstić information content (AvgIpc) is 3.02. The Labute approximate surface area is 172 Å². The molecule has 154 valence electrons. The van der Waals surface area contributed by atoms with E-state index in [2.05, 4.69) is 18.8 Å². The number of fused-ring (bicyclic) bond motifs is 1. The number of aromatic nitrogens is 1. The molecule has 2 aliphatic rings. The number of Topliss-reactive ketones (excluding diaryl/α,β-unsaturated/α-hetero) is 1. The topological polar surface area (TPSA) is 73.4 Å². The second-order valence-corrected chi connectivity index (χ2v) is 9.40. The van der Waals surface area contributed by atoms with E-state index in [0.717, 1.165) is 41.6 Å². The lowest BCUT2D eigenvalue weighted by atomic mass is 9.75. The number of nitrogens with zero attached hydrogens (tertiary/aromatic N) is 1. The number of piperidine rings is 1. The molecule has 2 heterocycles. The number of aliphatic hydroxyl groups is 1. The molecule has 1 aliphatic carbocycles. The Morgan fingerprint density at radius 3 is 2.48 bits per heavy atom. The number of hydrogen-bond donors (Lipinski definition) is 2. The van der Waals surface area contributed by atoms with Gasteiger partial charge in [0, 0.05) is 30.8 Å². The van der Waals surface area contributed by atoms with Gasteiger partial charge in [0.15, 0.2) is 5.78 Å². The lowest BCUT2D eigenvalue weighted by molar-refractivity contribution is 0.0458. The molecule has 2 aromatic rings. The van der Waals surface area contributed by atoms with E-state index in [1.165, 1.54) is 0 Å². The summed E-state index contributed by atoms with van der Waals surface area (Å²) in [5.41, 5.74) is 3.84. The maximum Gasteiger partial charge on any atom is 0.270 e. The van der Waals surface area contributed by atoms with E-state index in [1.807, 2.05) is 42.2 Å². The van der Waals surface area contributed by atoms with E-state index in [-0.39, 0.29) is 23.0 Å². The highest BCUT2D eigenvalue weighted by Gasteiger charge is 2.36. The van der Waals surface area contributed by atoms with Crippen molar-refractivity contribution < 1.29 is 14.7 Å². The Morgan fingerprint density at radius 2 is 1.83 bits per heavy atom. The molecule has 2 N–H and O–H groups in total. The van der Waals surface area contributed by atoms with Gasteiger partial charge in [0.05, 0.1) is 6.10 Å². The third-order valence-corrected chi connectivity index (χ3v) is 6.53. The zero-order valence-electron chi connectivity index (χ0n) is 17.5. The van der Waals surface area contributed by atoms with Gasteiger partial charge in [-0.05, 0) is 48.6 Å². The lowest BCUT2D eigenvalue weighted by Crippen LogP contribution is -2.40. The molecule has 1 saturated heterocycles. The van der Waals surface area contributed by atoms with Crippen LogP contribution in [-0.4, -0.2) is 39.8 Å². The van der Waals surface area contributed by atoms with Gasteiger partial charge in [-0.25, -0.2) is 0 Å². The van der Waals surface area contributed by atoms with Gasteiger partial charge in [-0.2, -0.15) is 0 Å². The summed E-state index contributed by atoms with van der Waals surface area (Å²) in [7, 11) is 0. The second kappa shape index (κ2) is 7.45. The summed E-state index contributed by atoms with van der Waals surface area (Å²) in [6, 6.07) is 9.73. The molecule has 1 aromatic carbocycles. The van der Waals surface area contributed by atoms with Crippen LogP contribution in [0.15, 0.2) is 30.3 Å². The molecular formula is C24H30N2O3. The first kappa shape index (κ1) is 19.9. The molecule has 5 nitrogen and oxygen atoms in total. The number of nitrogens with one attached hydrogen (secondary N) is 1. The SMILES string of the molecule is Cc1c(C(=O)N2CCC([C@H](O)c3ccccc3)CC2)[nH]c2c1C(=O)CC(C)(C)C2. The van der Waals surface area contributed by atoms with E-state index in [9.17, 15) is 14.7 Å². The Morgan fingerprint density at radius 1 is 1.17 bits per heavy atom. The zero-order chi connectivity index (χ0) is 20.8. The number of rotatable bonds is 3. The number of H-pyrrole nitrogens is 1. The zero-order valence-corrected chi connectivity index (χ0v) is 17.5. The fourth-order valence-corrected chi connectivity index (χ4v) is 4.95. The van der Waals surface area contributed by atoms with Crippen LogP contribution in [0.3, 0.4) is 0 Å². The summed E-state index contributed by atoms with van der Waals surface area (Å²) < 4.78 is 0. The minimum absolute atomic E-state index is 0.0323. The fraction of sp³-hybridized carbons (Fsp3) is 0.500. The van der Waals surface area contributed by atoms with Crippen molar-refractivity contribution >= 4 is 11.7 Å². The van der Waals surface area contributed by atoms with Crippen LogP contribution < -0.4 is 0 Å². The van der Waals surface area contributed by atoms with Gasteiger partial charge in [-0.1, -0.05) is 44.2 Å². The molecule has 0 unspecified atom stereocenters. The van der Waals surface area contributed by atoms with Crippen molar-refractivity contribution in [2.75, 3.05) is 13.1 Å². The van der Waals surface area contributed by atoms with Crippen molar-refractivity contribution in [3.8, 4) is 0 Å². The van der Waals surface area contributed by atoms with E-state index in [1.54, 1.807) is 0 Å². The van der Waals surface area contributed by atoms with Gasteiger partial charge in [-0.15, -0.1) is 0 Å². The van der Waals surface area contributed by atoms with E-state index >= 15 is 0 Å². The van der Waals surface area contributed by atoms with Gasteiger partial charge in [-0.3, -0.25) is 9.59 Å². The standard InChI is InChI=1S/C24H30N2O3/c1-15-20-18(13-24(2,3)14-19(20)27)25-21(15)23(29)26-11-9-17(10-12-26)22(28)16-7-5-4-6-8-16/h4-8,17,22,25,28H,9-14H2,1-3H3/t22-/m1/s1. The van der Waals surface area contributed by atoms with Crippen molar-refractivity contribution in [1.82, 2.24) is 9.88 Å². The normalized spacial score (nSPS) is 20.4. The quantitative estimate of drug-likeness (QED) is 0.824. The molecule has 0 bridgehead atoms. The van der Waals surface area contributed by atoms with Crippen LogP contribution in [0.25, 0.3) is 0 Å². The van der Waals surface area contributed by atoms with Gasteiger partial charge >= 0.3 is 0 Å². The summed E-state index contributed by atoms with van der Waals surface area (Å²) in [6.07, 6.45) is 2.36. The number of likely N-dealkylation sites (tertiary alicyclic amines) is 1. The van der Waals surface area contributed by atoms with Crippen LogP contribution in [0.4, 0.5) is 0 Å². The Balaban J connectivity index is 1.46. The highest BCUT2D eigenvalue weighted by molar-refractivity contribution is 6.04. The maximum absolute atomic E-state index is 13.2. The highest BCUT2D eigenvalue weighted by Crippen LogP contribution is 2.37. The second-order valence-electron chi connectivity index (χ2n) is 9.40. The molecule has 0 saturated carbocycles. The van der Waals surface area contributed by atoms with Crippen molar-refractivity contribution in [2.45, 2.75) is 52.6 Å². The minimum Gasteiger partial charge on any atom is -0.388 e. The molecule has 5 heteroatoms. The summed E-state index contributed by atoms with van der Waals surface area (Å²) in [5.74, 6) is 0.255. The molecule has 0 spiro atoms. The van der Waals surface area contributed by atoms with Crippen LogP contribution in [0.5, 0.6) is 0 Å². The van der Waals surface area contributed by atoms with Crippen molar-refractivity contribution in [3.05, 3.63) is 58.4 Å². The number of aromatic amines is 1. The molecule has 29 heavy (non-hydrogen) atoms. The Bertz CT molecular complexity index is 921. The summed E-state index contributed by atoms with van der Waals surface area (Å²) in [6.45, 7) is 7.30. The first-order valence-corrected chi connectivity index (χ1v) is 10.5. The van der Waals surface area contributed by atoms with E-state index in [0.29, 0.717) is 25.2 Å². The van der Waals surface area contributed by atoms with Gasteiger partial charge in [0.1, 0.15) is 5.69 Å². The van der Waals surface area contributed by atoms with Crippen LogP contribution in [0.1, 0.15) is 76.9 Å². The third kappa shape index (κ3) is 3.76. The summed E-state index contributed by atoms with van der Waals surface area (Å²) >= 11 is 0. The number of carbonyl (C=O) groups excluding carboxylic acids is 2. The van der Waals surface area contributed by atoms with Crippen molar-refractivity contribution in [2.24, 2.45) is 11.3 Å². The first-order chi connectivity index (χ1) is 13.8. The molecular weight excluding hydrogens is 364 g/mol. The Kier molecular flexibility index (Phi) is 5.11. The number of carbonyl (C=O) groups is 2. The molecule has 1 fully saturated rings. The Hall–Kier alpha value is -2.40. The number of ketones is 1. The monoisotopic (exact) mass is 394 g/mol. The third-order valence-electron chi connectivity index (χ3n) is 6.53. The average molecular weight is 395 g/mol. The smallest absolute Gasteiger partial charge is 0.270 e. The molecule has 1 atom stereocenters. The van der Waals surface area contributed by atoms with E-state index in [4.69, 9.17) is 0 Å². The fourth-order valence-electron chi connectivity index (χ4n) is 4.95. The highest BCUT2D eigenvalue weighted by atomic mass is 16.3. The van der Waals surface area contributed by atoms with Crippen LogP contribution >= 0.6 is 0 Å². The molecule has 1 amide bonds. The summed E-state index contributed by atoms with van der Waals surface area (Å²) in [4.78, 5) is 30.9. The number of amides is 1. The minimum atomic E-state index is -0.493. The van der Waals surface area contributed by atoms with Gasteiger partial charge in [0.2, 0.25) is 0 Å². The lowest BCUT2D eigenvalue weighted by Gasteiger charge is -2.34. The van der Waals surface area contributed by atoms with Crippen molar-refractivity contribution in [3.63, 3.8) is 0 Å². The molecule has 1 aromatic heterocycles. The summed E-state index contributed by atoms with van der Waals surface area (Å²) in [5, 5.41) is 10.7. The van der Waals surface area contributed by atoms with Crippen LogP contribution in [-0.2, 0) is 6.42 Å². The van der Waals surface area contributed by atoms with Gasteiger partial charge < -0.3 is 15.0 Å². The maximum atomic E-state index is 13.2. The molecule has 1 aliphatic heterocycles. The largest absolute Gasteiger partial charge is 0.388 e. The van der Waals surface area contributed by atoms with Crippen molar-refractivity contribution in [1.29, 1.82) is 0 Å². The van der Waals surface area contributed by atoms with Gasteiger partial charge in [0.25, 0.3) is 5.91 Å². The molecule has 0 radical (unpaired) electrons. The number of aliphatic hydroxyl groups excluding tert-OH is 1. The predicted octanol–water partition coefficient (Wildman–Crippen LogP) is 4.06. The number of hydrogen-bond acceptors (Lipinski definition) is 3. The first-order valence-electron chi connectivity index (χ1n) is 10.5. The van der Waals surface area contributed by atoms with Crippen LogP contribution in [0.2, 0.25) is 0 Å². The number of benzene rings is 1. The van der Waals surface area contributed by atoms with E-state index < -0.39 is 6.10 Å². The van der Waals surface area contributed by atoms with Crippen LogP contribution in [0, 0.1) is 18.3 Å². The molecule has 4 rings (SSSR count).